The van der Waals surface area contributed by atoms with Crippen molar-refractivity contribution in [1.82, 2.24) is 15.5 Å². The van der Waals surface area contributed by atoms with Crippen LogP contribution < -0.4 is 5.32 Å². The lowest BCUT2D eigenvalue weighted by molar-refractivity contribution is 0.0942. The van der Waals surface area contributed by atoms with E-state index in [0.29, 0.717) is 18.7 Å². The van der Waals surface area contributed by atoms with E-state index in [1.807, 2.05) is 55.5 Å². The molecule has 0 saturated heterocycles. The second kappa shape index (κ2) is 7.49. The summed E-state index contributed by atoms with van der Waals surface area (Å²) in [5.41, 5.74) is 3.44. The third-order valence-electron chi connectivity index (χ3n) is 4.34. The van der Waals surface area contributed by atoms with Crippen molar-refractivity contribution in [3.8, 4) is 0 Å². The summed E-state index contributed by atoms with van der Waals surface area (Å²) in [5, 5.41) is 20.6. The highest BCUT2D eigenvalue weighted by atomic mass is 16.3. The molecule has 3 N–H and O–H groups in total. The van der Waals surface area contributed by atoms with Crippen LogP contribution in [0.3, 0.4) is 0 Å². The third kappa shape index (κ3) is 4.06. The molecule has 3 rings (SSSR count). The van der Waals surface area contributed by atoms with Crippen LogP contribution in [0.4, 0.5) is 0 Å². The lowest BCUT2D eigenvalue weighted by Gasteiger charge is -2.19. The van der Waals surface area contributed by atoms with Crippen molar-refractivity contribution in [1.29, 1.82) is 0 Å². The quantitative estimate of drug-likeness (QED) is 0.646. The van der Waals surface area contributed by atoms with E-state index >= 15 is 0 Å². The minimum Gasteiger partial charge on any atom is -0.393 e. The molecule has 1 heterocycles. The topological polar surface area (TPSA) is 78.0 Å². The number of aliphatic hydroxyl groups is 1. The lowest BCUT2D eigenvalue weighted by atomic mass is 9.93. The van der Waals surface area contributed by atoms with E-state index in [-0.39, 0.29) is 11.8 Å². The summed E-state index contributed by atoms with van der Waals surface area (Å²) >= 11 is 0. The largest absolute Gasteiger partial charge is 0.393 e. The van der Waals surface area contributed by atoms with Gasteiger partial charge in [-0.1, -0.05) is 42.0 Å². The molecule has 2 unspecified atom stereocenters. The summed E-state index contributed by atoms with van der Waals surface area (Å²) < 4.78 is 0. The van der Waals surface area contributed by atoms with E-state index in [4.69, 9.17) is 0 Å². The van der Waals surface area contributed by atoms with Crippen LogP contribution in [0.5, 0.6) is 0 Å². The van der Waals surface area contributed by atoms with Crippen molar-refractivity contribution >= 4 is 16.8 Å². The predicted molar refractivity (Wildman–Crippen MR) is 98.6 cm³/mol. The molecule has 5 heteroatoms. The number of carbonyl (C=O) groups excluding carboxylic acids is 1. The number of aryl methyl sites for hydroxylation is 1. The predicted octanol–water partition coefficient (Wildman–Crippen LogP) is 3.16. The number of aliphatic hydroxyl groups excluding tert-OH is 1. The molecule has 0 spiro atoms. The first-order valence-electron chi connectivity index (χ1n) is 8.50. The molecule has 0 bridgehead atoms. The zero-order valence-electron chi connectivity index (χ0n) is 14.5. The molecule has 2 aromatic carbocycles. The van der Waals surface area contributed by atoms with Gasteiger partial charge < -0.3 is 10.4 Å². The van der Waals surface area contributed by atoms with Crippen molar-refractivity contribution in [3.63, 3.8) is 0 Å². The number of carbonyl (C=O) groups is 1. The number of aromatic nitrogens is 2. The van der Waals surface area contributed by atoms with Crippen LogP contribution in [0.2, 0.25) is 0 Å². The monoisotopic (exact) mass is 337 g/mol. The van der Waals surface area contributed by atoms with Gasteiger partial charge in [0.2, 0.25) is 0 Å². The Balaban J connectivity index is 1.75. The van der Waals surface area contributed by atoms with Crippen LogP contribution in [-0.2, 0) is 0 Å². The number of benzene rings is 2. The van der Waals surface area contributed by atoms with Crippen molar-refractivity contribution < 1.29 is 9.90 Å². The molecule has 1 aromatic heterocycles. The summed E-state index contributed by atoms with van der Waals surface area (Å²) in [6.45, 7) is 4.21. The van der Waals surface area contributed by atoms with Gasteiger partial charge in [-0.05, 0) is 38.0 Å². The van der Waals surface area contributed by atoms with Crippen LogP contribution in [0.1, 0.15) is 40.9 Å². The highest BCUT2D eigenvalue weighted by Gasteiger charge is 2.18. The fourth-order valence-corrected chi connectivity index (χ4v) is 3.07. The average molecular weight is 337 g/mol. The van der Waals surface area contributed by atoms with Crippen LogP contribution in [0.25, 0.3) is 10.9 Å². The van der Waals surface area contributed by atoms with E-state index in [1.165, 1.54) is 0 Å². The van der Waals surface area contributed by atoms with Gasteiger partial charge in [0.15, 0.2) is 5.69 Å². The van der Waals surface area contributed by atoms with E-state index in [1.54, 1.807) is 6.92 Å². The minimum absolute atomic E-state index is 0.0529. The van der Waals surface area contributed by atoms with Gasteiger partial charge in [-0.3, -0.25) is 9.89 Å². The Morgan fingerprint density at radius 3 is 2.72 bits per heavy atom. The average Bonchev–Trinajstić information content (AvgIpc) is 3.02. The Kier molecular flexibility index (Phi) is 5.14. The fourth-order valence-electron chi connectivity index (χ4n) is 3.07. The van der Waals surface area contributed by atoms with Crippen molar-refractivity contribution in [2.24, 2.45) is 0 Å². The van der Waals surface area contributed by atoms with Crippen LogP contribution in [0.15, 0.2) is 48.5 Å². The van der Waals surface area contributed by atoms with Gasteiger partial charge in [0.25, 0.3) is 5.91 Å². The number of hydrogen-bond acceptors (Lipinski definition) is 3. The van der Waals surface area contributed by atoms with Gasteiger partial charge in [-0.15, -0.1) is 0 Å². The molecular formula is C20H23N3O2. The number of rotatable bonds is 6. The van der Waals surface area contributed by atoms with Gasteiger partial charge >= 0.3 is 0 Å². The first-order valence-corrected chi connectivity index (χ1v) is 8.50. The molecule has 130 valence electrons. The van der Waals surface area contributed by atoms with Crippen molar-refractivity contribution in [3.05, 3.63) is 65.4 Å². The number of fused-ring (bicyclic) bond motifs is 1. The number of nitrogens with one attached hydrogen (secondary N) is 2. The maximum Gasteiger partial charge on any atom is 0.272 e. The molecule has 0 saturated carbocycles. The number of hydrogen-bond donors (Lipinski definition) is 3. The van der Waals surface area contributed by atoms with Crippen molar-refractivity contribution in [2.75, 3.05) is 6.54 Å². The Hall–Kier alpha value is -2.66. The third-order valence-corrected chi connectivity index (χ3v) is 4.34. The van der Waals surface area contributed by atoms with Crippen LogP contribution in [0, 0.1) is 6.92 Å². The summed E-state index contributed by atoms with van der Waals surface area (Å²) in [6.07, 6.45) is 0.154. The Morgan fingerprint density at radius 2 is 2.00 bits per heavy atom. The second-order valence-electron chi connectivity index (χ2n) is 6.52. The molecule has 25 heavy (non-hydrogen) atoms. The SMILES string of the molecule is Cc1ccc2[nH]nc(C(=O)NCC(CC(C)O)c3ccccc3)c2c1. The smallest absolute Gasteiger partial charge is 0.272 e. The minimum atomic E-state index is -0.434. The first-order chi connectivity index (χ1) is 12.0. The number of nitrogens with zero attached hydrogens (tertiary/aromatic N) is 1. The second-order valence-corrected chi connectivity index (χ2v) is 6.52. The van der Waals surface area contributed by atoms with Crippen LogP contribution >= 0.6 is 0 Å². The maximum absolute atomic E-state index is 12.6. The van der Waals surface area contributed by atoms with Crippen molar-refractivity contribution in [2.45, 2.75) is 32.3 Å². The van der Waals surface area contributed by atoms with Gasteiger partial charge in [-0.25, -0.2) is 0 Å². The molecule has 2 atom stereocenters. The Morgan fingerprint density at radius 1 is 1.24 bits per heavy atom. The molecule has 0 fully saturated rings. The lowest BCUT2D eigenvalue weighted by Crippen LogP contribution is -2.30. The van der Waals surface area contributed by atoms with Gasteiger partial charge in [-0.2, -0.15) is 5.10 Å². The van der Waals surface area contributed by atoms with Gasteiger partial charge in [0, 0.05) is 17.8 Å². The molecule has 0 aliphatic heterocycles. The summed E-state index contributed by atoms with van der Waals surface area (Å²) in [4.78, 5) is 12.6. The molecule has 0 radical (unpaired) electrons. The molecular weight excluding hydrogens is 314 g/mol. The highest BCUT2D eigenvalue weighted by Crippen LogP contribution is 2.21. The van der Waals surface area contributed by atoms with Gasteiger partial charge in [0.1, 0.15) is 0 Å². The van der Waals surface area contributed by atoms with Gasteiger partial charge in [0.05, 0.1) is 11.6 Å². The maximum atomic E-state index is 12.6. The van der Waals surface area contributed by atoms with E-state index in [0.717, 1.165) is 22.0 Å². The van der Waals surface area contributed by atoms with E-state index < -0.39 is 6.10 Å². The summed E-state index contributed by atoms with van der Waals surface area (Å²) in [6, 6.07) is 15.8. The van der Waals surface area contributed by atoms with Crippen LogP contribution in [-0.4, -0.2) is 33.9 Å². The number of H-pyrrole nitrogens is 1. The Labute approximate surface area is 147 Å². The fraction of sp³-hybridized carbons (Fsp3) is 0.300. The van der Waals surface area contributed by atoms with E-state index in [9.17, 15) is 9.90 Å². The molecule has 0 aliphatic carbocycles. The summed E-state index contributed by atoms with van der Waals surface area (Å²) in [5.74, 6) is -0.152. The Bertz CT molecular complexity index is 856. The molecule has 1 amide bonds. The highest BCUT2D eigenvalue weighted by molar-refractivity contribution is 6.04. The normalized spacial score (nSPS) is 13.6. The standard InChI is InChI=1S/C20H23N3O2/c1-13-8-9-18-17(10-13)19(23-22-18)20(25)21-12-16(11-14(2)24)15-6-4-3-5-7-15/h3-10,14,16,24H,11-12H2,1-2H3,(H,21,25)(H,22,23). The molecule has 0 aliphatic rings. The number of aromatic amines is 1. The molecule has 3 aromatic rings. The molecule has 5 nitrogen and oxygen atoms in total. The summed E-state index contributed by atoms with van der Waals surface area (Å²) in [7, 11) is 0. The zero-order valence-corrected chi connectivity index (χ0v) is 14.5. The zero-order chi connectivity index (χ0) is 17.8. The first kappa shape index (κ1) is 17.2. The van der Waals surface area contributed by atoms with E-state index in [2.05, 4.69) is 15.5 Å². The number of amides is 1.